The smallest absolute Gasteiger partial charge is 0.326 e. The Morgan fingerprint density at radius 2 is 1.78 bits per heavy atom. The van der Waals surface area contributed by atoms with Gasteiger partial charge in [0.05, 0.1) is 0 Å². The number of aryl methyl sites for hydroxylation is 4. The highest BCUT2D eigenvalue weighted by molar-refractivity contribution is 5.92. The molecule has 3 N–H and O–H groups in total. The normalized spacial score (nSPS) is 10.9. The van der Waals surface area contributed by atoms with Gasteiger partial charge in [0.1, 0.15) is 11.3 Å². The van der Waals surface area contributed by atoms with Crippen LogP contribution in [0.2, 0.25) is 0 Å². The molecule has 0 spiro atoms. The van der Waals surface area contributed by atoms with Crippen LogP contribution >= 0.6 is 0 Å². The van der Waals surface area contributed by atoms with Crippen LogP contribution in [0.25, 0.3) is 11.2 Å². The quantitative estimate of drug-likeness (QED) is 0.616. The fourth-order valence-corrected chi connectivity index (χ4v) is 2.84. The molecule has 9 nitrogen and oxygen atoms in total. The Labute approximate surface area is 153 Å². The van der Waals surface area contributed by atoms with Gasteiger partial charge in [-0.1, -0.05) is 18.2 Å². The zero-order valence-electron chi connectivity index (χ0n) is 15.2. The molecule has 1 amide bonds. The van der Waals surface area contributed by atoms with E-state index in [0.717, 1.165) is 21.4 Å². The van der Waals surface area contributed by atoms with Crippen LogP contribution in [0.15, 0.2) is 32.6 Å². The molecule has 9 heteroatoms. The Hall–Kier alpha value is -3.49. The number of nitrogens with zero attached hydrogens (tertiary/aromatic N) is 2. The van der Waals surface area contributed by atoms with Crippen molar-refractivity contribution in [1.82, 2.24) is 19.5 Å². The Kier molecular flexibility index (Phi) is 4.76. The second-order valence-corrected chi connectivity index (χ2v) is 6.34. The highest BCUT2D eigenvalue weighted by Crippen LogP contribution is 2.19. The van der Waals surface area contributed by atoms with Gasteiger partial charge in [-0.15, -0.1) is 0 Å². The van der Waals surface area contributed by atoms with E-state index in [2.05, 4.69) is 20.3 Å². The summed E-state index contributed by atoms with van der Waals surface area (Å²) >= 11 is 0. The summed E-state index contributed by atoms with van der Waals surface area (Å²) in [5.74, 6) is -0.261. The van der Waals surface area contributed by atoms with Crippen molar-refractivity contribution in [3.05, 3.63) is 66.2 Å². The molecule has 0 saturated carbocycles. The van der Waals surface area contributed by atoms with E-state index in [1.165, 1.54) is 7.05 Å². The molecule has 3 rings (SSSR count). The molecule has 0 aliphatic rings. The minimum Gasteiger partial charge on any atom is -0.326 e. The number of aromatic amines is 2. The van der Waals surface area contributed by atoms with Gasteiger partial charge in [0.25, 0.3) is 11.1 Å². The summed E-state index contributed by atoms with van der Waals surface area (Å²) < 4.78 is 1.10. The lowest BCUT2D eigenvalue weighted by Gasteiger charge is -2.11. The third-order valence-electron chi connectivity index (χ3n) is 4.38. The number of nitrogens with one attached hydrogen (secondary N) is 3. The summed E-state index contributed by atoms with van der Waals surface area (Å²) in [6.07, 6.45) is 0.0867. The average Bonchev–Trinajstić information content (AvgIpc) is 2.61. The van der Waals surface area contributed by atoms with E-state index in [1.807, 2.05) is 32.0 Å². The lowest BCUT2D eigenvalue weighted by molar-refractivity contribution is -0.116. The highest BCUT2D eigenvalue weighted by Gasteiger charge is 2.13. The van der Waals surface area contributed by atoms with Gasteiger partial charge in [0.15, 0.2) is 5.52 Å². The molecule has 2 heterocycles. The number of carbonyl (C=O) groups excluding carboxylic acids is 1. The molecule has 0 radical (unpaired) electrons. The molecule has 3 aromatic rings. The largest absolute Gasteiger partial charge is 0.329 e. The molecule has 140 valence electrons. The van der Waals surface area contributed by atoms with Gasteiger partial charge in [-0.3, -0.25) is 23.9 Å². The minimum absolute atomic E-state index is 0.0268. The highest BCUT2D eigenvalue weighted by atomic mass is 16.2. The van der Waals surface area contributed by atoms with Crippen LogP contribution in [0.5, 0.6) is 0 Å². The maximum atomic E-state index is 12.3. The molecule has 0 saturated heterocycles. The number of fused-ring (bicyclic) bond motifs is 1. The standard InChI is InChI=1S/C18H19N5O4/c1-9-5-4-6-10(2)13(9)20-12(24)8-7-11-16(25)21-15-14(19-11)17(26)22-18(27)23(15)3/h4-6H,7-8H2,1-3H3,(H,20,24)(H,21,25)(H,22,26,27). The van der Waals surface area contributed by atoms with E-state index in [0.29, 0.717) is 0 Å². The molecule has 1 aromatic carbocycles. The van der Waals surface area contributed by atoms with Crippen molar-refractivity contribution in [1.29, 1.82) is 0 Å². The number of carbonyl (C=O) groups is 1. The zero-order chi connectivity index (χ0) is 19.7. The molecule has 0 aliphatic heterocycles. The summed E-state index contributed by atoms with van der Waals surface area (Å²) in [5, 5.41) is 2.84. The van der Waals surface area contributed by atoms with Gasteiger partial charge < -0.3 is 10.3 Å². The number of anilines is 1. The van der Waals surface area contributed by atoms with Crippen molar-refractivity contribution in [3.8, 4) is 0 Å². The minimum atomic E-state index is -0.689. The van der Waals surface area contributed by atoms with E-state index in [1.54, 1.807) is 0 Å². The summed E-state index contributed by atoms with van der Waals surface area (Å²) in [7, 11) is 1.41. The first-order valence-corrected chi connectivity index (χ1v) is 8.36. The number of amides is 1. The molecular weight excluding hydrogens is 350 g/mol. The first-order chi connectivity index (χ1) is 12.8. The van der Waals surface area contributed by atoms with Crippen molar-refractivity contribution in [2.75, 3.05) is 5.32 Å². The van der Waals surface area contributed by atoms with Crippen LogP contribution in [-0.4, -0.2) is 25.4 Å². The van der Waals surface area contributed by atoms with E-state index in [-0.39, 0.29) is 35.6 Å². The summed E-state index contributed by atoms with van der Waals surface area (Å²) in [6, 6.07) is 5.70. The molecule has 0 fully saturated rings. The Morgan fingerprint density at radius 1 is 1.11 bits per heavy atom. The molecular formula is C18H19N5O4. The second-order valence-electron chi connectivity index (χ2n) is 6.34. The third kappa shape index (κ3) is 3.57. The number of benzene rings is 1. The molecule has 2 aromatic heterocycles. The fraction of sp³-hybridized carbons (Fsp3) is 0.278. The van der Waals surface area contributed by atoms with Crippen LogP contribution in [-0.2, 0) is 18.3 Å². The molecule has 0 atom stereocenters. The number of para-hydroxylation sites is 1. The van der Waals surface area contributed by atoms with Crippen molar-refractivity contribution in [3.63, 3.8) is 0 Å². The monoisotopic (exact) mass is 369 g/mol. The van der Waals surface area contributed by atoms with Gasteiger partial charge in [-0.25, -0.2) is 9.78 Å². The summed E-state index contributed by atoms with van der Waals surface area (Å²) in [6.45, 7) is 3.80. The van der Waals surface area contributed by atoms with Crippen LogP contribution in [0.4, 0.5) is 5.69 Å². The molecule has 27 heavy (non-hydrogen) atoms. The number of aromatic nitrogens is 4. The lowest BCUT2D eigenvalue weighted by Crippen LogP contribution is -2.32. The van der Waals surface area contributed by atoms with Crippen molar-refractivity contribution in [2.45, 2.75) is 26.7 Å². The van der Waals surface area contributed by atoms with Crippen LogP contribution in [0, 0.1) is 13.8 Å². The van der Waals surface area contributed by atoms with E-state index >= 15 is 0 Å². The Bertz CT molecular complexity index is 1200. The fourth-order valence-electron chi connectivity index (χ4n) is 2.84. The van der Waals surface area contributed by atoms with Gasteiger partial charge in [0, 0.05) is 25.6 Å². The Morgan fingerprint density at radius 3 is 2.44 bits per heavy atom. The lowest BCUT2D eigenvalue weighted by atomic mass is 10.1. The zero-order valence-corrected chi connectivity index (χ0v) is 15.2. The van der Waals surface area contributed by atoms with Gasteiger partial charge in [0.2, 0.25) is 5.91 Å². The first kappa shape index (κ1) is 18.3. The topological polar surface area (TPSA) is 130 Å². The number of hydrogen-bond donors (Lipinski definition) is 3. The maximum Gasteiger partial charge on any atom is 0.329 e. The van der Waals surface area contributed by atoms with Crippen molar-refractivity contribution >= 4 is 22.8 Å². The number of hydrogen-bond acceptors (Lipinski definition) is 5. The Balaban J connectivity index is 1.84. The van der Waals surface area contributed by atoms with Crippen LogP contribution < -0.4 is 22.1 Å². The number of rotatable bonds is 4. The van der Waals surface area contributed by atoms with Crippen molar-refractivity contribution < 1.29 is 4.79 Å². The van der Waals surface area contributed by atoms with E-state index in [4.69, 9.17) is 0 Å². The average molecular weight is 369 g/mol. The maximum absolute atomic E-state index is 12.3. The van der Waals surface area contributed by atoms with Crippen molar-refractivity contribution in [2.24, 2.45) is 7.05 Å². The summed E-state index contributed by atoms with van der Waals surface area (Å²) in [4.78, 5) is 56.7. The van der Waals surface area contributed by atoms with Gasteiger partial charge in [-0.2, -0.15) is 0 Å². The molecule has 0 unspecified atom stereocenters. The SMILES string of the molecule is Cc1cccc(C)c1NC(=O)CCc1nc2c(=O)[nH]c(=O)n(C)c2[nH]c1=O. The third-order valence-corrected chi connectivity index (χ3v) is 4.38. The van der Waals surface area contributed by atoms with Crippen LogP contribution in [0.1, 0.15) is 23.2 Å². The first-order valence-electron chi connectivity index (χ1n) is 8.36. The number of H-pyrrole nitrogens is 2. The van der Waals surface area contributed by atoms with Gasteiger partial charge >= 0.3 is 5.69 Å². The molecule has 0 bridgehead atoms. The molecule has 0 aliphatic carbocycles. The van der Waals surface area contributed by atoms with Crippen LogP contribution in [0.3, 0.4) is 0 Å². The summed E-state index contributed by atoms with van der Waals surface area (Å²) in [5.41, 5.74) is 0.797. The predicted octanol–water partition coefficient (Wildman–Crippen LogP) is 0.498. The van der Waals surface area contributed by atoms with E-state index in [9.17, 15) is 19.2 Å². The second kappa shape index (κ2) is 7.02. The predicted molar refractivity (Wildman–Crippen MR) is 101 cm³/mol. The van der Waals surface area contributed by atoms with Gasteiger partial charge in [-0.05, 0) is 25.0 Å². The van der Waals surface area contributed by atoms with E-state index < -0.39 is 16.8 Å².